The molecule has 0 aliphatic carbocycles. The van der Waals surface area contributed by atoms with Crippen LogP contribution in [0.5, 0.6) is 0 Å². The summed E-state index contributed by atoms with van der Waals surface area (Å²) in [7, 11) is 0. The van der Waals surface area contributed by atoms with Crippen molar-refractivity contribution in [3.05, 3.63) is 71.8 Å². The number of nitrogens with one attached hydrogen (secondary N) is 2. The van der Waals surface area contributed by atoms with Crippen molar-refractivity contribution in [2.24, 2.45) is 10.3 Å². The summed E-state index contributed by atoms with van der Waals surface area (Å²) in [5, 5.41) is 29.4. The topological polar surface area (TPSA) is 123 Å². The number of carbonyl (C=O) groups excluding carboxylic acids is 2. The van der Waals surface area contributed by atoms with Gasteiger partial charge in [-0.2, -0.15) is 0 Å². The van der Waals surface area contributed by atoms with Gasteiger partial charge in [-0.25, -0.2) is 0 Å². The lowest BCUT2D eigenvalue weighted by molar-refractivity contribution is -0.116. The van der Waals surface area contributed by atoms with Crippen LogP contribution in [0, 0.1) is 0 Å². The molecule has 0 fully saturated rings. The minimum atomic E-state index is -0.527. The summed E-state index contributed by atoms with van der Waals surface area (Å²) in [6, 6.07) is 18.3. The number of nitrogens with zero attached hydrogens (tertiary/aromatic N) is 2. The highest BCUT2D eigenvalue weighted by atomic mass is 16.4. The smallest absolute Gasteiger partial charge is 0.269 e. The standard InChI is InChI=1S/C20H22N4O4/c25-19(17(23-27)13-15-7-3-1-4-8-15)21-11-12-22-20(26)18(24-28)14-16-9-5-2-6-10-16/h1-10,27-28H,11-14H2,(H,21,25)(H,22,26). The monoisotopic (exact) mass is 382 g/mol. The predicted octanol–water partition coefficient (Wildman–Crippen LogP) is 1.36. The van der Waals surface area contributed by atoms with Gasteiger partial charge in [0, 0.05) is 25.9 Å². The molecule has 0 saturated carbocycles. The Morgan fingerprint density at radius 1 is 0.679 bits per heavy atom. The molecule has 8 heteroatoms. The van der Waals surface area contributed by atoms with E-state index < -0.39 is 11.8 Å². The minimum absolute atomic E-state index is 0.0285. The number of benzene rings is 2. The van der Waals surface area contributed by atoms with Crippen LogP contribution >= 0.6 is 0 Å². The highest BCUT2D eigenvalue weighted by molar-refractivity contribution is 6.39. The fraction of sp³-hybridized carbons (Fsp3) is 0.200. The molecule has 4 N–H and O–H groups in total. The van der Waals surface area contributed by atoms with Crippen molar-refractivity contribution < 1.29 is 20.0 Å². The zero-order valence-corrected chi connectivity index (χ0v) is 15.2. The van der Waals surface area contributed by atoms with E-state index in [-0.39, 0.29) is 37.4 Å². The van der Waals surface area contributed by atoms with Gasteiger partial charge in [-0.05, 0) is 11.1 Å². The summed E-state index contributed by atoms with van der Waals surface area (Å²) in [5.74, 6) is -1.05. The number of hydrogen-bond donors (Lipinski definition) is 4. The van der Waals surface area contributed by atoms with Crippen molar-refractivity contribution >= 4 is 23.2 Å². The zero-order valence-electron chi connectivity index (χ0n) is 15.2. The van der Waals surface area contributed by atoms with E-state index in [4.69, 9.17) is 10.4 Å². The van der Waals surface area contributed by atoms with Crippen molar-refractivity contribution in [1.29, 1.82) is 0 Å². The van der Waals surface area contributed by atoms with Crippen LogP contribution in [0.1, 0.15) is 11.1 Å². The molecule has 2 amide bonds. The lowest BCUT2D eigenvalue weighted by Gasteiger charge is -2.09. The average molecular weight is 382 g/mol. The van der Waals surface area contributed by atoms with Gasteiger partial charge in [0.1, 0.15) is 11.4 Å². The van der Waals surface area contributed by atoms with Crippen molar-refractivity contribution in [2.75, 3.05) is 13.1 Å². The van der Waals surface area contributed by atoms with Crippen LogP contribution < -0.4 is 10.6 Å². The molecule has 0 bridgehead atoms. The van der Waals surface area contributed by atoms with Gasteiger partial charge in [-0.1, -0.05) is 71.0 Å². The van der Waals surface area contributed by atoms with Crippen LogP contribution in [0.3, 0.4) is 0 Å². The normalized spacial score (nSPS) is 11.7. The first kappa shape index (κ1) is 20.6. The van der Waals surface area contributed by atoms with E-state index >= 15 is 0 Å². The van der Waals surface area contributed by atoms with Crippen LogP contribution in [-0.2, 0) is 22.4 Å². The van der Waals surface area contributed by atoms with E-state index in [9.17, 15) is 9.59 Å². The van der Waals surface area contributed by atoms with E-state index in [1.165, 1.54) is 0 Å². The van der Waals surface area contributed by atoms with E-state index in [0.717, 1.165) is 11.1 Å². The van der Waals surface area contributed by atoms with Gasteiger partial charge in [0.25, 0.3) is 11.8 Å². The second-order valence-corrected chi connectivity index (χ2v) is 5.93. The Kier molecular flexibility index (Phi) is 8.19. The summed E-state index contributed by atoms with van der Waals surface area (Å²) in [4.78, 5) is 24.2. The van der Waals surface area contributed by atoms with Crippen LogP contribution in [0.2, 0.25) is 0 Å². The van der Waals surface area contributed by atoms with E-state index in [1.54, 1.807) is 0 Å². The molecule has 0 unspecified atom stereocenters. The average Bonchev–Trinajstić information content (AvgIpc) is 2.74. The van der Waals surface area contributed by atoms with Gasteiger partial charge in [0.05, 0.1) is 0 Å². The predicted molar refractivity (Wildman–Crippen MR) is 105 cm³/mol. The lowest BCUT2D eigenvalue weighted by atomic mass is 10.1. The van der Waals surface area contributed by atoms with Gasteiger partial charge in [0.2, 0.25) is 0 Å². The Bertz CT molecular complexity index is 764. The van der Waals surface area contributed by atoms with Gasteiger partial charge >= 0.3 is 0 Å². The van der Waals surface area contributed by atoms with Crippen molar-refractivity contribution in [3.8, 4) is 0 Å². The largest absolute Gasteiger partial charge is 0.410 e. The third-order valence-corrected chi connectivity index (χ3v) is 3.89. The summed E-state index contributed by atoms with van der Waals surface area (Å²) in [6.45, 7) is 0.255. The maximum absolute atomic E-state index is 12.1. The Labute approximate surface area is 162 Å². The molecule has 0 aliphatic rings. The molecule has 0 atom stereocenters. The molecule has 8 nitrogen and oxygen atoms in total. The molecule has 0 heterocycles. The van der Waals surface area contributed by atoms with E-state index in [1.807, 2.05) is 60.7 Å². The SMILES string of the molecule is O=C(NCCNC(=O)C(Cc1ccccc1)=NO)C(Cc1ccccc1)=NO. The van der Waals surface area contributed by atoms with Crippen LogP contribution in [-0.4, -0.2) is 46.7 Å². The highest BCUT2D eigenvalue weighted by Gasteiger charge is 2.14. The van der Waals surface area contributed by atoms with Crippen LogP contribution in [0.4, 0.5) is 0 Å². The molecule has 146 valence electrons. The molecule has 0 radical (unpaired) electrons. The minimum Gasteiger partial charge on any atom is -0.410 e. The van der Waals surface area contributed by atoms with Crippen molar-refractivity contribution in [1.82, 2.24) is 10.6 Å². The second-order valence-electron chi connectivity index (χ2n) is 5.93. The number of oxime groups is 2. The first-order valence-electron chi connectivity index (χ1n) is 8.70. The van der Waals surface area contributed by atoms with Gasteiger partial charge in [-0.3, -0.25) is 9.59 Å². The maximum Gasteiger partial charge on any atom is 0.269 e. The van der Waals surface area contributed by atoms with Crippen molar-refractivity contribution in [3.63, 3.8) is 0 Å². The number of hydrogen-bond acceptors (Lipinski definition) is 6. The van der Waals surface area contributed by atoms with E-state index in [2.05, 4.69) is 20.9 Å². The fourth-order valence-electron chi connectivity index (χ4n) is 2.46. The molecule has 28 heavy (non-hydrogen) atoms. The van der Waals surface area contributed by atoms with Gasteiger partial charge < -0.3 is 21.0 Å². The maximum atomic E-state index is 12.1. The van der Waals surface area contributed by atoms with Crippen molar-refractivity contribution in [2.45, 2.75) is 12.8 Å². The molecular formula is C20H22N4O4. The summed E-state index contributed by atoms with van der Waals surface area (Å²) < 4.78 is 0. The van der Waals surface area contributed by atoms with Gasteiger partial charge in [0.15, 0.2) is 0 Å². The third kappa shape index (κ3) is 6.56. The van der Waals surface area contributed by atoms with E-state index in [0.29, 0.717) is 0 Å². The summed E-state index contributed by atoms with van der Waals surface area (Å²) >= 11 is 0. The highest BCUT2D eigenvalue weighted by Crippen LogP contribution is 2.02. The van der Waals surface area contributed by atoms with Crippen LogP contribution in [0.25, 0.3) is 0 Å². The Balaban J connectivity index is 1.76. The van der Waals surface area contributed by atoms with Gasteiger partial charge in [-0.15, -0.1) is 0 Å². The number of rotatable bonds is 9. The zero-order chi connectivity index (χ0) is 20.2. The Morgan fingerprint density at radius 2 is 1.04 bits per heavy atom. The lowest BCUT2D eigenvalue weighted by Crippen LogP contribution is -2.40. The van der Waals surface area contributed by atoms with Crippen LogP contribution in [0.15, 0.2) is 71.0 Å². The second kappa shape index (κ2) is 11.1. The molecular weight excluding hydrogens is 360 g/mol. The molecule has 2 aromatic rings. The molecule has 0 aromatic heterocycles. The first-order chi connectivity index (χ1) is 13.6. The molecule has 0 saturated heterocycles. The molecule has 0 aliphatic heterocycles. The third-order valence-electron chi connectivity index (χ3n) is 3.89. The summed E-state index contributed by atoms with van der Waals surface area (Å²) in [6.07, 6.45) is 0.377. The molecule has 2 aromatic carbocycles. The Hall–Kier alpha value is -3.68. The first-order valence-corrected chi connectivity index (χ1v) is 8.70. The quantitative estimate of drug-likeness (QED) is 0.226. The molecule has 2 rings (SSSR count). The number of amides is 2. The molecule has 0 spiro atoms. The fourth-order valence-corrected chi connectivity index (χ4v) is 2.46. The number of carbonyl (C=O) groups is 2. The summed E-state index contributed by atoms with van der Waals surface area (Å²) in [5.41, 5.74) is 1.62. The Morgan fingerprint density at radius 3 is 1.36 bits per heavy atom.